The van der Waals surface area contributed by atoms with Crippen molar-refractivity contribution in [2.75, 3.05) is 73.0 Å². The Morgan fingerprint density at radius 2 is 1.69 bits per heavy atom. The summed E-state index contributed by atoms with van der Waals surface area (Å²) in [6, 6.07) is 8.77. The summed E-state index contributed by atoms with van der Waals surface area (Å²) in [6.45, 7) is 4.66. The molecule has 0 aliphatic heterocycles. The smallest absolute Gasteiger partial charge is 0.191 e. The van der Waals surface area contributed by atoms with E-state index in [1.165, 1.54) is 11.3 Å². The molecular formula is C20H37N5O. The third kappa shape index (κ3) is 9.63. The molecule has 0 atom stereocenters. The number of aryl methyl sites for hydroxylation is 1. The van der Waals surface area contributed by atoms with Crippen molar-refractivity contribution in [3.63, 3.8) is 0 Å². The number of rotatable bonds is 12. The minimum Gasteiger partial charge on any atom is -0.385 e. The number of likely N-dealkylation sites (N-methyl/N-ethyl adjacent to an activating group) is 1. The molecule has 0 heterocycles. The molecule has 1 aromatic rings. The summed E-state index contributed by atoms with van der Waals surface area (Å²) >= 11 is 0. The molecule has 6 heteroatoms. The van der Waals surface area contributed by atoms with Crippen LogP contribution in [-0.2, 0) is 11.2 Å². The zero-order valence-electron chi connectivity index (χ0n) is 17.2. The first-order valence-corrected chi connectivity index (χ1v) is 9.45. The minimum atomic E-state index is 0.818. The van der Waals surface area contributed by atoms with Crippen LogP contribution in [0.2, 0.25) is 0 Å². The van der Waals surface area contributed by atoms with Crippen LogP contribution in [0.4, 0.5) is 5.69 Å². The lowest BCUT2D eigenvalue weighted by Crippen LogP contribution is -2.41. The maximum absolute atomic E-state index is 5.08. The number of hydrogen-bond donors (Lipinski definition) is 2. The van der Waals surface area contributed by atoms with Crippen molar-refractivity contribution >= 4 is 11.6 Å². The molecule has 0 amide bonds. The van der Waals surface area contributed by atoms with E-state index in [0.29, 0.717) is 0 Å². The first-order chi connectivity index (χ1) is 12.6. The van der Waals surface area contributed by atoms with Gasteiger partial charge in [-0.3, -0.25) is 4.99 Å². The third-order valence-corrected chi connectivity index (χ3v) is 4.29. The molecule has 0 radical (unpaired) electrons. The second kappa shape index (κ2) is 13.4. The molecule has 0 aromatic heterocycles. The topological polar surface area (TPSA) is 52.1 Å². The molecule has 1 rings (SSSR count). The van der Waals surface area contributed by atoms with E-state index in [1.54, 1.807) is 7.11 Å². The molecule has 2 N–H and O–H groups in total. The van der Waals surface area contributed by atoms with Crippen LogP contribution in [0.25, 0.3) is 0 Å². The number of aliphatic imine (C=N–C) groups is 1. The Kier molecular flexibility index (Phi) is 11.5. The maximum atomic E-state index is 5.08. The van der Waals surface area contributed by atoms with Gasteiger partial charge in [-0.1, -0.05) is 12.1 Å². The van der Waals surface area contributed by atoms with E-state index in [2.05, 4.69) is 70.8 Å². The van der Waals surface area contributed by atoms with Crippen LogP contribution in [0.3, 0.4) is 0 Å². The summed E-state index contributed by atoms with van der Waals surface area (Å²) in [5.74, 6) is 0.873. The zero-order valence-corrected chi connectivity index (χ0v) is 17.2. The molecule has 0 unspecified atom stereocenters. The van der Waals surface area contributed by atoms with Gasteiger partial charge in [0, 0.05) is 66.7 Å². The number of nitrogens with zero attached hydrogens (tertiary/aromatic N) is 3. The van der Waals surface area contributed by atoms with Crippen molar-refractivity contribution in [2.24, 2.45) is 4.99 Å². The Balaban J connectivity index is 2.16. The number of guanidine groups is 1. The summed E-state index contributed by atoms with van der Waals surface area (Å²) in [7, 11) is 9.83. The van der Waals surface area contributed by atoms with Crippen molar-refractivity contribution in [1.82, 2.24) is 15.5 Å². The molecule has 1 aromatic carbocycles. The number of ether oxygens (including phenoxy) is 1. The van der Waals surface area contributed by atoms with Gasteiger partial charge in [-0.2, -0.15) is 0 Å². The molecule has 0 aliphatic carbocycles. The fourth-order valence-electron chi connectivity index (χ4n) is 2.64. The van der Waals surface area contributed by atoms with Gasteiger partial charge in [-0.05, 0) is 44.0 Å². The average Bonchev–Trinajstić information content (AvgIpc) is 2.64. The molecule has 26 heavy (non-hydrogen) atoms. The van der Waals surface area contributed by atoms with Gasteiger partial charge in [0.2, 0.25) is 0 Å². The van der Waals surface area contributed by atoms with Crippen LogP contribution in [0.1, 0.15) is 18.4 Å². The van der Waals surface area contributed by atoms with Crippen LogP contribution in [0.5, 0.6) is 0 Å². The maximum Gasteiger partial charge on any atom is 0.191 e. The van der Waals surface area contributed by atoms with Gasteiger partial charge >= 0.3 is 0 Å². The predicted molar refractivity (Wildman–Crippen MR) is 112 cm³/mol. The van der Waals surface area contributed by atoms with Crippen molar-refractivity contribution in [3.05, 3.63) is 29.8 Å². The van der Waals surface area contributed by atoms with Crippen LogP contribution in [-0.4, -0.2) is 78.9 Å². The summed E-state index contributed by atoms with van der Waals surface area (Å²) in [5, 5.41) is 6.76. The van der Waals surface area contributed by atoms with E-state index in [9.17, 15) is 0 Å². The van der Waals surface area contributed by atoms with Gasteiger partial charge in [0.15, 0.2) is 5.96 Å². The Bertz CT molecular complexity index is 501. The van der Waals surface area contributed by atoms with E-state index in [1.807, 2.05) is 7.05 Å². The normalized spacial score (nSPS) is 11.7. The zero-order chi connectivity index (χ0) is 19.2. The molecule has 0 aliphatic rings. The average molecular weight is 364 g/mol. The van der Waals surface area contributed by atoms with E-state index in [4.69, 9.17) is 4.74 Å². The molecular weight excluding hydrogens is 326 g/mol. The molecule has 0 bridgehead atoms. The first-order valence-electron chi connectivity index (χ1n) is 9.45. The van der Waals surface area contributed by atoms with Gasteiger partial charge in [-0.15, -0.1) is 0 Å². The largest absolute Gasteiger partial charge is 0.385 e. The number of nitrogens with one attached hydrogen (secondary N) is 2. The van der Waals surface area contributed by atoms with Crippen molar-refractivity contribution in [1.29, 1.82) is 0 Å². The molecule has 6 nitrogen and oxygen atoms in total. The van der Waals surface area contributed by atoms with Crippen LogP contribution in [0.15, 0.2) is 29.3 Å². The van der Waals surface area contributed by atoms with Crippen molar-refractivity contribution in [3.8, 4) is 0 Å². The van der Waals surface area contributed by atoms with E-state index < -0.39 is 0 Å². The highest BCUT2D eigenvalue weighted by Gasteiger charge is 2.01. The fraction of sp³-hybridized carbons (Fsp3) is 0.650. The number of hydrogen-bond acceptors (Lipinski definition) is 4. The Morgan fingerprint density at radius 1 is 1.00 bits per heavy atom. The lowest BCUT2D eigenvalue weighted by atomic mass is 10.1. The quantitative estimate of drug-likeness (QED) is 0.337. The highest BCUT2D eigenvalue weighted by atomic mass is 16.5. The van der Waals surface area contributed by atoms with Gasteiger partial charge in [0.05, 0.1) is 0 Å². The van der Waals surface area contributed by atoms with Crippen LogP contribution < -0.4 is 15.5 Å². The van der Waals surface area contributed by atoms with Crippen molar-refractivity contribution in [2.45, 2.75) is 19.3 Å². The Hall–Kier alpha value is -1.79. The standard InChI is InChI=1S/C20H37N5O/c1-21-20(23-14-16-25(4)15-7-17-26-5)22-13-6-8-18-9-11-19(12-10-18)24(2)3/h9-12H,6-8,13-17H2,1-5H3,(H2,21,22,23). The molecule has 0 saturated carbocycles. The first kappa shape index (κ1) is 22.3. The highest BCUT2D eigenvalue weighted by molar-refractivity contribution is 5.79. The summed E-state index contributed by atoms with van der Waals surface area (Å²) in [6.07, 6.45) is 3.22. The summed E-state index contributed by atoms with van der Waals surface area (Å²) in [4.78, 5) is 8.71. The van der Waals surface area contributed by atoms with E-state index in [-0.39, 0.29) is 0 Å². The van der Waals surface area contributed by atoms with Crippen LogP contribution >= 0.6 is 0 Å². The second-order valence-corrected chi connectivity index (χ2v) is 6.74. The molecule has 0 fully saturated rings. The highest BCUT2D eigenvalue weighted by Crippen LogP contribution is 2.13. The predicted octanol–water partition coefficient (Wildman–Crippen LogP) is 1.82. The van der Waals surface area contributed by atoms with Crippen LogP contribution in [0, 0.1) is 0 Å². The second-order valence-electron chi connectivity index (χ2n) is 6.74. The Morgan fingerprint density at radius 3 is 2.31 bits per heavy atom. The lowest BCUT2D eigenvalue weighted by molar-refractivity contribution is 0.180. The van der Waals surface area contributed by atoms with Gasteiger partial charge in [0.25, 0.3) is 0 Å². The van der Waals surface area contributed by atoms with Gasteiger partial charge in [-0.25, -0.2) is 0 Å². The monoisotopic (exact) mass is 363 g/mol. The minimum absolute atomic E-state index is 0.818. The number of benzene rings is 1. The summed E-state index contributed by atoms with van der Waals surface area (Å²) < 4.78 is 5.08. The number of anilines is 1. The molecule has 0 spiro atoms. The van der Waals surface area contributed by atoms with Crippen molar-refractivity contribution < 1.29 is 4.74 Å². The Labute approximate surface area is 159 Å². The molecule has 0 saturated heterocycles. The molecule has 148 valence electrons. The van der Waals surface area contributed by atoms with E-state index in [0.717, 1.165) is 58.0 Å². The lowest BCUT2D eigenvalue weighted by Gasteiger charge is -2.18. The summed E-state index contributed by atoms with van der Waals surface area (Å²) in [5.41, 5.74) is 2.61. The third-order valence-electron chi connectivity index (χ3n) is 4.29. The fourth-order valence-corrected chi connectivity index (χ4v) is 2.64. The SMILES string of the molecule is CN=C(NCCCc1ccc(N(C)C)cc1)NCCN(C)CCCOC. The van der Waals surface area contributed by atoms with E-state index >= 15 is 0 Å². The van der Waals surface area contributed by atoms with Gasteiger partial charge < -0.3 is 25.2 Å². The van der Waals surface area contributed by atoms with Gasteiger partial charge in [0.1, 0.15) is 0 Å². The number of methoxy groups -OCH3 is 1.